The van der Waals surface area contributed by atoms with E-state index in [2.05, 4.69) is 29.6 Å². The highest BCUT2D eigenvalue weighted by atomic mass is 32.2. The minimum absolute atomic E-state index is 0.191. The molecule has 2 aromatic rings. The quantitative estimate of drug-likeness (QED) is 0.842. The highest BCUT2D eigenvalue weighted by Gasteiger charge is 2.30. The fraction of sp³-hybridized carbons (Fsp3) is 0.350. The molecule has 1 N–H and O–H groups in total. The van der Waals surface area contributed by atoms with Crippen LogP contribution in [-0.2, 0) is 4.79 Å². The van der Waals surface area contributed by atoms with Crippen LogP contribution in [-0.4, -0.2) is 37.0 Å². The number of hydrogen-bond donors (Lipinski definition) is 1. The summed E-state index contributed by atoms with van der Waals surface area (Å²) in [5.41, 5.74) is 1.07. The molecular formula is C20H24N2OS. The van der Waals surface area contributed by atoms with Crippen LogP contribution in [0.1, 0.15) is 23.7 Å². The summed E-state index contributed by atoms with van der Waals surface area (Å²) in [5.74, 6) is 0.218. The molecule has 0 bridgehead atoms. The number of rotatable bonds is 5. The zero-order chi connectivity index (χ0) is 16.8. The van der Waals surface area contributed by atoms with Crippen LogP contribution >= 0.6 is 11.8 Å². The summed E-state index contributed by atoms with van der Waals surface area (Å²) < 4.78 is 0. The van der Waals surface area contributed by atoms with Gasteiger partial charge in [-0.2, -0.15) is 0 Å². The molecule has 1 fully saturated rings. The Morgan fingerprint density at radius 1 is 1.12 bits per heavy atom. The Kier molecular flexibility index (Phi) is 5.94. The van der Waals surface area contributed by atoms with Crippen LogP contribution in [0.4, 0.5) is 0 Å². The first kappa shape index (κ1) is 17.1. The second kappa shape index (κ2) is 8.36. The van der Waals surface area contributed by atoms with E-state index in [1.807, 2.05) is 48.3 Å². The summed E-state index contributed by atoms with van der Waals surface area (Å²) in [6.45, 7) is 1.66. The van der Waals surface area contributed by atoms with E-state index in [1.54, 1.807) is 11.8 Å². The number of carbonyl (C=O) groups excluding carboxylic acids is 1. The minimum Gasteiger partial charge on any atom is -0.340 e. The molecule has 0 aliphatic carbocycles. The van der Waals surface area contributed by atoms with Gasteiger partial charge in [-0.05, 0) is 37.6 Å². The maximum atomic E-state index is 13.2. The summed E-state index contributed by atoms with van der Waals surface area (Å²) in [4.78, 5) is 16.4. The molecule has 126 valence electrons. The second-order valence-corrected chi connectivity index (χ2v) is 7.31. The molecule has 0 saturated carbocycles. The lowest BCUT2D eigenvalue weighted by atomic mass is 10.0. The third-order valence-electron chi connectivity index (χ3n) is 4.47. The molecule has 1 heterocycles. The number of carbonyl (C=O) groups is 1. The number of benzene rings is 2. The van der Waals surface area contributed by atoms with Crippen molar-refractivity contribution < 1.29 is 4.79 Å². The van der Waals surface area contributed by atoms with Gasteiger partial charge in [0.2, 0.25) is 5.91 Å². The molecule has 1 amide bonds. The van der Waals surface area contributed by atoms with Gasteiger partial charge in [0.05, 0.1) is 0 Å². The van der Waals surface area contributed by atoms with E-state index < -0.39 is 0 Å². The van der Waals surface area contributed by atoms with E-state index in [0.29, 0.717) is 6.04 Å². The van der Waals surface area contributed by atoms with Crippen molar-refractivity contribution in [2.45, 2.75) is 29.0 Å². The number of nitrogens with one attached hydrogen (secondary N) is 1. The average Bonchev–Trinajstić information content (AvgIpc) is 2.67. The summed E-state index contributed by atoms with van der Waals surface area (Å²) in [7, 11) is 1.98. The van der Waals surface area contributed by atoms with Gasteiger partial charge in [-0.1, -0.05) is 48.5 Å². The summed E-state index contributed by atoms with van der Waals surface area (Å²) in [6, 6.07) is 20.7. The smallest absolute Gasteiger partial charge is 0.240 e. The minimum atomic E-state index is -0.191. The Morgan fingerprint density at radius 3 is 2.46 bits per heavy atom. The van der Waals surface area contributed by atoms with Gasteiger partial charge in [-0.3, -0.25) is 4.79 Å². The lowest BCUT2D eigenvalue weighted by Crippen LogP contribution is -2.48. The summed E-state index contributed by atoms with van der Waals surface area (Å²) >= 11 is 1.64. The summed E-state index contributed by atoms with van der Waals surface area (Å²) in [6.07, 6.45) is 2.21. The number of hydrogen-bond acceptors (Lipinski definition) is 3. The van der Waals surface area contributed by atoms with Crippen LogP contribution < -0.4 is 5.32 Å². The van der Waals surface area contributed by atoms with Gasteiger partial charge >= 0.3 is 0 Å². The van der Waals surface area contributed by atoms with Crippen molar-refractivity contribution in [3.63, 3.8) is 0 Å². The van der Waals surface area contributed by atoms with Gasteiger partial charge in [-0.15, -0.1) is 11.8 Å². The van der Waals surface area contributed by atoms with Crippen LogP contribution in [0.25, 0.3) is 0 Å². The van der Waals surface area contributed by atoms with E-state index >= 15 is 0 Å². The Labute approximate surface area is 148 Å². The standard InChI is InChI=1S/C20H24N2OS/c1-21-17-11-8-14-22(15-17)20(23)19(16-9-4-2-5-10-16)24-18-12-6-3-7-13-18/h2-7,9-10,12-13,17,19,21H,8,11,14-15H2,1H3. The van der Waals surface area contributed by atoms with Crippen LogP contribution in [0.2, 0.25) is 0 Å². The van der Waals surface area contributed by atoms with Crippen molar-refractivity contribution in [3.8, 4) is 0 Å². The van der Waals surface area contributed by atoms with Crippen molar-refractivity contribution in [3.05, 3.63) is 66.2 Å². The van der Waals surface area contributed by atoms with Crippen molar-refractivity contribution in [2.24, 2.45) is 0 Å². The van der Waals surface area contributed by atoms with E-state index in [4.69, 9.17) is 0 Å². The Hall–Kier alpha value is -1.78. The number of amides is 1. The summed E-state index contributed by atoms with van der Waals surface area (Å²) in [5, 5.41) is 3.13. The normalized spacial score (nSPS) is 19.0. The van der Waals surface area contributed by atoms with Gasteiger partial charge in [-0.25, -0.2) is 0 Å². The molecule has 2 unspecified atom stereocenters. The highest BCUT2D eigenvalue weighted by molar-refractivity contribution is 8.00. The van der Waals surface area contributed by atoms with Gasteiger partial charge < -0.3 is 10.2 Å². The number of piperidine rings is 1. The predicted octanol–water partition coefficient (Wildman–Crippen LogP) is 3.73. The molecule has 1 aliphatic rings. The van der Waals surface area contributed by atoms with E-state index in [-0.39, 0.29) is 11.2 Å². The Balaban J connectivity index is 1.82. The zero-order valence-electron chi connectivity index (χ0n) is 14.0. The Bertz CT molecular complexity index is 647. The van der Waals surface area contributed by atoms with Crippen molar-refractivity contribution in [1.82, 2.24) is 10.2 Å². The predicted molar refractivity (Wildman–Crippen MR) is 100 cm³/mol. The molecule has 0 radical (unpaired) electrons. The average molecular weight is 340 g/mol. The van der Waals surface area contributed by atoms with E-state index in [1.165, 1.54) is 0 Å². The monoisotopic (exact) mass is 340 g/mol. The molecule has 1 saturated heterocycles. The number of likely N-dealkylation sites (N-methyl/N-ethyl adjacent to an activating group) is 1. The van der Waals surface area contributed by atoms with Gasteiger partial charge in [0.1, 0.15) is 5.25 Å². The SMILES string of the molecule is CNC1CCCN(C(=O)C(Sc2ccccc2)c2ccccc2)C1. The molecule has 24 heavy (non-hydrogen) atoms. The lowest BCUT2D eigenvalue weighted by Gasteiger charge is -2.34. The topological polar surface area (TPSA) is 32.3 Å². The number of thioether (sulfide) groups is 1. The van der Waals surface area contributed by atoms with Gasteiger partial charge in [0, 0.05) is 24.0 Å². The van der Waals surface area contributed by atoms with Crippen molar-refractivity contribution in [2.75, 3.05) is 20.1 Å². The largest absolute Gasteiger partial charge is 0.340 e. The second-order valence-electron chi connectivity index (χ2n) is 6.13. The van der Waals surface area contributed by atoms with Crippen molar-refractivity contribution >= 4 is 17.7 Å². The van der Waals surface area contributed by atoms with Gasteiger partial charge in [0.15, 0.2) is 0 Å². The molecule has 4 heteroatoms. The highest BCUT2D eigenvalue weighted by Crippen LogP contribution is 2.37. The first-order chi connectivity index (χ1) is 11.8. The van der Waals surface area contributed by atoms with Crippen LogP contribution in [0.3, 0.4) is 0 Å². The molecule has 1 aliphatic heterocycles. The zero-order valence-corrected chi connectivity index (χ0v) is 14.8. The van der Waals surface area contributed by atoms with Crippen LogP contribution in [0.5, 0.6) is 0 Å². The molecular weight excluding hydrogens is 316 g/mol. The van der Waals surface area contributed by atoms with Crippen LogP contribution in [0, 0.1) is 0 Å². The van der Waals surface area contributed by atoms with Crippen molar-refractivity contribution in [1.29, 1.82) is 0 Å². The lowest BCUT2D eigenvalue weighted by molar-refractivity contribution is -0.132. The third kappa shape index (κ3) is 4.19. The third-order valence-corrected chi connectivity index (χ3v) is 5.72. The molecule has 3 nitrogen and oxygen atoms in total. The maximum Gasteiger partial charge on any atom is 0.240 e. The maximum absolute atomic E-state index is 13.2. The van der Waals surface area contributed by atoms with E-state index in [9.17, 15) is 4.79 Å². The van der Waals surface area contributed by atoms with Gasteiger partial charge in [0.25, 0.3) is 0 Å². The fourth-order valence-electron chi connectivity index (χ4n) is 3.10. The first-order valence-corrected chi connectivity index (χ1v) is 9.38. The van der Waals surface area contributed by atoms with Crippen LogP contribution in [0.15, 0.2) is 65.6 Å². The number of nitrogens with zero attached hydrogens (tertiary/aromatic N) is 1. The molecule has 0 spiro atoms. The Morgan fingerprint density at radius 2 is 1.79 bits per heavy atom. The molecule has 3 rings (SSSR count). The molecule has 2 atom stereocenters. The number of likely N-dealkylation sites (tertiary alicyclic amines) is 1. The first-order valence-electron chi connectivity index (χ1n) is 8.50. The fourth-order valence-corrected chi connectivity index (χ4v) is 4.23. The van der Waals surface area contributed by atoms with E-state index in [0.717, 1.165) is 36.4 Å². The molecule has 2 aromatic carbocycles. The molecule has 0 aromatic heterocycles.